The molecule has 1 aliphatic heterocycles. The van der Waals surface area contributed by atoms with E-state index in [0.717, 1.165) is 38.9 Å². The molecule has 1 N–H and O–H groups in total. The summed E-state index contributed by atoms with van der Waals surface area (Å²) in [5, 5.41) is 9.68. The fourth-order valence-electron chi connectivity index (χ4n) is 3.23. The SMILES string of the molecule is Cl.Oc1ccccc1OCCN1CCC(Cc2ccc(F)cc2)CC1. The molecular formula is C20H25ClFNO2. The van der Waals surface area contributed by atoms with Crippen molar-refractivity contribution in [3.63, 3.8) is 0 Å². The number of phenolic OH excluding ortho intramolecular Hbond substituents is 1. The number of hydrogen-bond acceptors (Lipinski definition) is 3. The van der Waals surface area contributed by atoms with E-state index in [9.17, 15) is 9.50 Å². The Morgan fingerprint density at radius 1 is 1.04 bits per heavy atom. The van der Waals surface area contributed by atoms with Crippen LogP contribution in [0.5, 0.6) is 11.5 Å². The number of rotatable bonds is 6. The summed E-state index contributed by atoms with van der Waals surface area (Å²) in [5.74, 6) is 1.24. The van der Waals surface area contributed by atoms with Gasteiger partial charge in [-0.15, -0.1) is 12.4 Å². The van der Waals surface area contributed by atoms with E-state index in [1.165, 1.54) is 5.56 Å². The molecule has 1 fully saturated rings. The highest BCUT2D eigenvalue weighted by Gasteiger charge is 2.19. The first-order valence-corrected chi connectivity index (χ1v) is 8.58. The van der Waals surface area contributed by atoms with Crippen molar-refractivity contribution in [3.8, 4) is 11.5 Å². The lowest BCUT2D eigenvalue weighted by Crippen LogP contribution is -2.37. The number of nitrogens with zero attached hydrogens (tertiary/aromatic N) is 1. The van der Waals surface area contributed by atoms with Gasteiger partial charge in [0.1, 0.15) is 12.4 Å². The van der Waals surface area contributed by atoms with Gasteiger partial charge in [-0.2, -0.15) is 0 Å². The van der Waals surface area contributed by atoms with Gasteiger partial charge in [-0.25, -0.2) is 4.39 Å². The van der Waals surface area contributed by atoms with Gasteiger partial charge in [0.05, 0.1) is 0 Å². The summed E-state index contributed by atoms with van der Waals surface area (Å²) in [4.78, 5) is 2.40. The molecule has 0 aromatic heterocycles. The average Bonchev–Trinajstić information content (AvgIpc) is 2.60. The van der Waals surface area contributed by atoms with Crippen LogP contribution in [-0.4, -0.2) is 36.2 Å². The summed E-state index contributed by atoms with van der Waals surface area (Å²) in [6, 6.07) is 13.9. The summed E-state index contributed by atoms with van der Waals surface area (Å²) in [6.45, 7) is 3.59. The van der Waals surface area contributed by atoms with E-state index >= 15 is 0 Å². The Morgan fingerprint density at radius 2 is 1.72 bits per heavy atom. The Bertz CT molecular complexity index is 642. The van der Waals surface area contributed by atoms with Gasteiger partial charge in [-0.1, -0.05) is 24.3 Å². The smallest absolute Gasteiger partial charge is 0.160 e. The van der Waals surface area contributed by atoms with Crippen molar-refractivity contribution in [2.24, 2.45) is 5.92 Å². The molecule has 0 amide bonds. The van der Waals surface area contributed by atoms with Gasteiger partial charge in [-0.05, 0) is 68.1 Å². The molecule has 0 bridgehead atoms. The predicted octanol–water partition coefficient (Wildman–Crippen LogP) is 4.29. The molecule has 0 aliphatic carbocycles. The second-order valence-electron chi connectivity index (χ2n) is 6.43. The maximum absolute atomic E-state index is 12.9. The molecule has 1 heterocycles. The molecule has 3 nitrogen and oxygen atoms in total. The number of likely N-dealkylation sites (tertiary alicyclic amines) is 1. The summed E-state index contributed by atoms with van der Waals surface area (Å²) < 4.78 is 18.6. The zero-order valence-electron chi connectivity index (χ0n) is 14.2. The van der Waals surface area contributed by atoms with Gasteiger partial charge in [0.25, 0.3) is 0 Å². The molecule has 0 spiro atoms. The van der Waals surface area contributed by atoms with E-state index in [1.54, 1.807) is 30.3 Å². The van der Waals surface area contributed by atoms with Crippen molar-refractivity contribution in [1.29, 1.82) is 0 Å². The average molecular weight is 366 g/mol. The minimum atomic E-state index is -0.168. The molecule has 2 aromatic rings. The molecule has 0 saturated carbocycles. The van der Waals surface area contributed by atoms with Gasteiger partial charge in [0.2, 0.25) is 0 Å². The lowest BCUT2D eigenvalue weighted by Gasteiger charge is -2.31. The van der Waals surface area contributed by atoms with Crippen LogP contribution in [0.1, 0.15) is 18.4 Å². The molecule has 136 valence electrons. The fourth-order valence-corrected chi connectivity index (χ4v) is 3.23. The number of ether oxygens (including phenoxy) is 1. The van der Waals surface area contributed by atoms with Crippen LogP contribution in [0, 0.1) is 11.7 Å². The van der Waals surface area contributed by atoms with Crippen molar-refractivity contribution in [1.82, 2.24) is 4.90 Å². The van der Waals surface area contributed by atoms with Gasteiger partial charge in [-0.3, -0.25) is 4.90 Å². The number of halogens is 2. The standard InChI is InChI=1S/C20H24FNO2.ClH/c21-18-7-5-16(6-8-18)15-17-9-11-22(12-10-17)13-14-24-20-4-2-1-3-19(20)23;/h1-8,17,23H,9-15H2;1H. The summed E-state index contributed by atoms with van der Waals surface area (Å²) in [6.07, 6.45) is 3.35. The molecular weight excluding hydrogens is 341 g/mol. The second-order valence-corrected chi connectivity index (χ2v) is 6.43. The van der Waals surface area contributed by atoms with Crippen LogP contribution >= 0.6 is 12.4 Å². The van der Waals surface area contributed by atoms with Crippen molar-refractivity contribution >= 4 is 12.4 Å². The minimum absolute atomic E-state index is 0. The molecule has 1 aliphatic rings. The van der Waals surface area contributed by atoms with E-state index in [-0.39, 0.29) is 24.0 Å². The van der Waals surface area contributed by atoms with Gasteiger partial charge in [0.15, 0.2) is 11.5 Å². The number of hydrogen-bond donors (Lipinski definition) is 1. The molecule has 25 heavy (non-hydrogen) atoms. The van der Waals surface area contributed by atoms with E-state index in [0.29, 0.717) is 18.3 Å². The van der Waals surface area contributed by atoms with Gasteiger partial charge >= 0.3 is 0 Å². The number of benzene rings is 2. The highest BCUT2D eigenvalue weighted by atomic mass is 35.5. The monoisotopic (exact) mass is 365 g/mol. The normalized spacial score (nSPS) is 15.6. The molecule has 0 radical (unpaired) electrons. The Hall–Kier alpha value is -1.78. The lowest BCUT2D eigenvalue weighted by molar-refractivity contribution is 0.153. The van der Waals surface area contributed by atoms with Crippen molar-refractivity contribution in [2.75, 3.05) is 26.2 Å². The number of phenols is 1. The third-order valence-electron chi connectivity index (χ3n) is 4.68. The zero-order valence-corrected chi connectivity index (χ0v) is 15.1. The molecule has 0 unspecified atom stereocenters. The Kier molecular flexibility index (Phi) is 7.53. The second kappa shape index (κ2) is 9.64. The van der Waals surface area contributed by atoms with E-state index in [2.05, 4.69) is 4.90 Å². The van der Waals surface area contributed by atoms with Crippen LogP contribution in [0.15, 0.2) is 48.5 Å². The van der Waals surface area contributed by atoms with Crippen molar-refractivity contribution < 1.29 is 14.2 Å². The summed E-state index contributed by atoms with van der Waals surface area (Å²) in [5.41, 5.74) is 1.22. The first-order chi connectivity index (χ1) is 11.7. The molecule has 5 heteroatoms. The maximum atomic E-state index is 12.9. The predicted molar refractivity (Wildman–Crippen MR) is 100 cm³/mol. The topological polar surface area (TPSA) is 32.7 Å². The Morgan fingerprint density at radius 3 is 2.40 bits per heavy atom. The minimum Gasteiger partial charge on any atom is -0.504 e. The Labute approximate surface area is 154 Å². The number of piperidine rings is 1. The van der Waals surface area contributed by atoms with Crippen LogP contribution in [0.4, 0.5) is 4.39 Å². The Balaban J connectivity index is 0.00000225. The highest BCUT2D eigenvalue weighted by Crippen LogP contribution is 2.25. The van der Waals surface area contributed by atoms with E-state index < -0.39 is 0 Å². The molecule has 3 rings (SSSR count). The fraction of sp³-hybridized carbons (Fsp3) is 0.400. The number of para-hydroxylation sites is 2. The van der Waals surface area contributed by atoms with Crippen molar-refractivity contribution in [2.45, 2.75) is 19.3 Å². The summed E-state index contributed by atoms with van der Waals surface area (Å²) in [7, 11) is 0. The lowest BCUT2D eigenvalue weighted by atomic mass is 9.90. The van der Waals surface area contributed by atoms with Crippen LogP contribution in [0.3, 0.4) is 0 Å². The van der Waals surface area contributed by atoms with Crippen LogP contribution in [-0.2, 0) is 6.42 Å². The number of aromatic hydroxyl groups is 1. The maximum Gasteiger partial charge on any atom is 0.160 e. The summed E-state index contributed by atoms with van der Waals surface area (Å²) >= 11 is 0. The zero-order chi connectivity index (χ0) is 16.8. The van der Waals surface area contributed by atoms with Gasteiger partial charge in [0, 0.05) is 6.54 Å². The third-order valence-corrected chi connectivity index (χ3v) is 4.68. The molecule has 2 aromatic carbocycles. The van der Waals surface area contributed by atoms with Gasteiger partial charge < -0.3 is 9.84 Å². The largest absolute Gasteiger partial charge is 0.504 e. The first kappa shape index (κ1) is 19.5. The molecule has 0 atom stereocenters. The third kappa shape index (κ3) is 5.91. The van der Waals surface area contributed by atoms with E-state index in [1.807, 2.05) is 18.2 Å². The van der Waals surface area contributed by atoms with E-state index in [4.69, 9.17) is 4.74 Å². The quantitative estimate of drug-likeness (QED) is 0.829. The molecule has 1 saturated heterocycles. The van der Waals surface area contributed by atoms with Crippen LogP contribution < -0.4 is 4.74 Å². The van der Waals surface area contributed by atoms with Crippen molar-refractivity contribution in [3.05, 3.63) is 59.9 Å². The first-order valence-electron chi connectivity index (χ1n) is 8.58. The highest BCUT2D eigenvalue weighted by molar-refractivity contribution is 5.85. The van der Waals surface area contributed by atoms with Crippen LogP contribution in [0.25, 0.3) is 0 Å². The van der Waals surface area contributed by atoms with Crippen LogP contribution in [0.2, 0.25) is 0 Å².